The summed E-state index contributed by atoms with van der Waals surface area (Å²) in [5.41, 5.74) is 2.32. The molecule has 1 aliphatic heterocycles. The van der Waals surface area contributed by atoms with Gasteiger partial charge < -0.3 is 19.5 Å². The third-order valence-corrected chi connectivity index (χ3v) is 5.48. The molecule has 29 heavy (non-hydrogen) atoms. The maximum absolute atomic E-state index is 13.3. The highest BCUT2D eigenvalue weighted by Crippen LogP contribution is 2.35. The lowest BCUT2D eigenvalue weighted by Crippen LogP contribution is -2.36. The molecule has 1 saturated heterocycles. The van der Waals surface area contributed by atoms with E-state index in [9.17, 15) is 9.90 Å². The van der Waals surface area contributed by atoms with Gasteiger partial charge in [0.05, 0.1) is 20.3 Å². The molecular weight excluding hydrogens is 366 g/mol. The highest BCUT2D eigenvalue weighted by molar-refractivity contribution is 5.95. The average Bonchev–Trinajstić information content (AvgIpc) is 3.21. The highest BCUT2D eigenvalue weighted by Gasteiger charge is 2.32. The first-order valence-electron chi connectivity index (χ1n) is 9.98. The van der Waals surface area contributed by atoms with E-state index in [4.69, 9.17) is 9.47 Å². The first-order chi connectivity index (χ1) is 14.1. The quantitative estimate of drug-likeness (QED) is 0.682. The number of nitrogens with zero attached hydrogens (tertiary/aromatic N) is 1. The summed E-state index contributed by atoms with van der Waals surface area (Å²) in [7, 11) is 3.16. The maximum atomic E-state index is 13.3. The fourth-order valence-electron chi connectivity index (χ4n) is 4.06. The fraction of sp³-hybridized carbons (Fsp3) is 0.375. The first kappa shape index (κ1) is 20.9. The molecule has 154 valence electrons. The largest absolute Gasteiger partial charge is 0.493 e. The van der Waals surface area contributed by atoms with Crippen molar-refractivity contribution in [2.75, 3.05) is 20.8 Å². The molecule has 0 saturated carbocycles. The number of aliphatic hydroxyl groups is 1. The summed E-state index contributed by atoms with van der Waals surface area (Å²) >= 11 is 0. The van der Waals surface area contributed by atoms with Crippen LogP contribution < -0.4 is 9.47 Å². The Labute approximate surface area is 172 Å². The smallest absolute Gasteiger partial charge is 0.254 e. The van der Waals surface area contributed by atoms with Gasteiger partial charge in [0.15, 0.2) is 11.5 Å². The van der Waals surface area contributed by atoms with Crippen LogP contribution in [0.2, 0.25) is 0 Å². The fourth-order valence-corrected chi connectivity index (χ4v) is 4.06. The molecule has 2 aromatic rings. The van der Waals surface area contributed by atoms with E-state index in [-0.39, 0.29) is 11.9 Å². The molecule has 0 aromatic heterocycles. The van der Waals surface area contributed by atoms with Crippen LogP contribution in [-0.4, -0.2) is 42.7 Å². The van der Waals surface area contributed by atoms with Gasteiger partial charge >= 0.3 is 0 Å². The van der Waals surface area contributed by atoms with E-state index in [0.717, 1.165) is 24.0 Å². The van der Waals surface area contributed by atoms with Crippen molar-refractivity contribution in [1.82, 2.24) is 4.90 Å². The van der Waals surface area contributed by atoms with Crippen LogP contribution in [0, 0.1) is 0 Å². The summed E-state index contributed by atoms with van der Waals surface area (Å²) in [6, 6.07) is 13.2. The van der Waals surface area contributed by atoms with Crippen LogP contribution >= 0.6 is 0 Å². The SMILES string of the molecule is C=CCc1cc(C(=O)N2CCC[C@@H]2C[C@H](O)c2ccccc2)cc(OC)c1OC. The van der Waals surface area contributed by atoms with Crippen molar-refractivity contribution in [3.8, 4) is 11.5 Å². The van der Waals surface area contributed by atoms with Crippen molar-refractivity contribution in [3.63, 3.8) is 0 Å². The number of methoxy groups -OCH3 is 2. The Balaban J connectivity index is 1.83. The van der Waals surface area contributed by atoms with Gasteiger partial charge in [-0.3, -0.25) is 4.79 Å². The number of likely N-dealkylation sites (tertiary alicyclic amines) is 1. The number of allylic oxidation sites excluding steroid dienone is 1. The van der Waals surface area contributed by atoms with Gasteiger partial charge in [0.25, 0.3) is 5.91 Å². The minimum absolute atomic E-state index is 0.00802. The van der Waals surface area contributed by atoms with E-state index in [0.29, 0.717) is 36.4 Å². The van der Waals surface area contributed by atoms with Crippen molar-refractivity contribution in [2.45, 2.75) is 37.8 Å². The van der Waals surface area contributed by atoms with Crippen LogP contribution in [0.15, 0.2) is 55.1 Å². The third kappa shape index (κ3) is 4.62. The second-order valence-electron chi connectivity index (χ2n) is 7.32. The van der Waals surface area contributed by atoms with Crippen molar-refractivity contribution in [2.24, 2.45) is 0 Å². The minimum Gasteiger partial charge on any atom is -0.493 e. The zero-order chi connectivity index (χ0) is 20.8. The van der Waals surface area contributed by atoms with E-state index >= 15 is 0 Å². The highest BCUT2D eigenvalue weighted by atomic mass is 16.5. The number of aliphatic hydroxyl groups excluding tert-OH is 1. The van der Waals surface area contributed by atoms with Crippen molar-refractivity contribution < 1.29 is 19.4 Å². The number of carbonyl (C=O) groups excluding carboxylic acids is 1. The average molecular weight is 395 g/mol. The van der Waals surface area contributed by atoms with Crippen LogP contribution in [0.3, 0.4) is 0 Å². The van der Waals surface area contributed by atoms with Gasteiger partial charge in [-0.15, -0.1) is 6.58 Å². The van der Waals surface area contributed by atoms with Crippen LogP contribution in [0.1, 0.15) is 46.9 Å². The van der Waals surface area contributed by atoms with Gasteiger partial charge in [-0.2, -0.15) is 0 Å². The van der Waals surface area contributed by atoms with Gasteiger partial charge in [0.2, 0.25) is 0 Å². The molecule has 1 aliphatic rings. The normalized spacial score (nSPS) is 17.1. The van der Waals surface area contributed by atoms with E-state index in [2.05, 4.69) is 6.58 Å². The standard InChI is InChI=1S/C24H29NO4/c1-4-9-18-14-19(15-22(28-2)23(18)29-3)24(27)25-13-8-12-20(25)16-21(26)17-10-6-5-7-11-17/h4-7,10-11,14-15,20-21,26H,1,8-9,12-13,16H2,2-3H3/t20-,21+/m1/s1. The Kier molecular flexibility index (Phi) is 6.94. The van der Waals surface area contributed by atoms with Gasteiger partial charge in [-0.1, -0.05) is 36.4 Å². The molecule has 0 radical (unpaired) electrons. The molecule has 0 spiro atoms. The zero-order valence-corrected chi connectivity index (χ0v) is 17.1. The van der Waals surface area contributed by atoms with Crippen molar-refractivity contribution in [3.05, 3.63) is 71.8 Å². The van der Waals surface area contributed by atoms with Crippen molar-refractivity contribution >= 4 is 5.91 Å². The third-order valence-electron chi connectivity index (χ3n) is 5.48. The lowest BCUT2D eigenvalue weighted by molar-refractivity contribution is 0.0666. The van der Waals surface area contributed by atoms with E-state index in [1.54, 1.807) is 26.4 Å². The molecule has 3 rings (SSSR count). The molecule has 5 nitrogen and oxygen atoms in total. The number of rotatable bonds is 8. The Morgan fingerprint density at radius 3 is 2.69 bits per heavy atom. The summed E-state index contributed by atoms with van der Waals surface area (Å²) < 4.78 is 10.9. The van der Waals surface area contributed by atoms with E-state index < -0.39 is 6.10 Å². The van der Waals surface area contributed by atoms with E-state index in [1.165, 1.54) is 0 Å². The first-order valence-corrected chi connectivity index (χ1v) is 9.98. The minimum atomic E-state index is -0.587. The topological polar surface area (TPSA) is 59.0 Å². The zero-order valence-electron chi connectivity index (χ0n) is 17.1. The van der Waals surface area contributed by atoms with Crippen LogP contribution in [-0.2, 0) is 6.42 Å². The molecule has 2 atom stereocenters. The monoisotopic (exact) mass is 395 g/mol. The molecule has 0 bridgehead atoms. The Morgan fingerprint density at radius 1 is 1.28 bits per heavy atom. The number of hydrogen-bond acceptors (Lipinski definition) is 4. The lowest BCUT2D eigenvalue weighted by Gasteiger charge is -2.27. The summed E-state index contributed by atoms with van der Waals surface area (Å²) in [5.74, 6) is 1.12. The molecule has 1 heterocycles. The second-order valence-corrected chi connectivity index (χ2v) is 7.32. The predicted octanol–water partition coefficient (Wildman–Crippen LogP) is 4.16. The summed E-state index contributed by atoms with van der Waals surface area (Å²) in [6.07, 6.45) is 4.13. The van der Waals surface area contributed by atoms with Crippen LogP contribution in [0.5, 0.6) is 11.5 Å². The number of benzene rings is 2. The van der Waals surface area contributed by atoms with Crippen molar-refractivity contribution in [1.29, 1.82) is 0 Å². The number of carbonyl (C=O) groups is 1. The van der Waals surface area contributed by atoms with E-state index in [1.807, 2.05) is 41.3 Å². The maximum Gasteiger partial charge on any atom is 0.254 e. The van der Waals surface area contributed by atoms with Crippen LogP contribution in [0.25, 0.3) is 0 Å². The molecule has 1 fully saturated rings. The number of amides is 1. The molecular formula is C24H29NO4. The molecule has 0 aliphatic carbocycles. The number of ether oxygens (including phenoxy) is 2. The molecule has 5 heteroatoms. The summed E-state index contributed by atoms with van der Waals surface area (Å²) in [4.78, 5) is 15.2. The number of hydrogen-bond donors (Lipinski definition) is 1. The Bertz CT molecular complexity index is 849. The van der Waals surface area contributed by atoms with Gasteiger partial charge in [-0.25, -0.2) is 0 Å². The van der Waals surface area contributed by atoms with Gasteiger partial charge in [0, 0.05) is 23.7 Å². The van der Waals surface area contributed by atoms with Crippen LogP contribution in [0.4, 0.5) is 0 Å². The summed E-state index contributed by atoms with van der Waals surface area (Å²) in [6.45, 7) is 4.48. The lowest BCUT2D eigenvalue weighted by atomic mass is 9.99. The second kappa shape index (κ2) is 9.61. The Morgan fingerprint density at radius 2 is 2.03 bits per heavy atom. The summed E-state index contributed by atoms with van der Waals surface area (Å²) in [5, 5.41) is 10.6. The van der Waals surface area contributed by atoms with Gasteiger partial charge in [-0.05, 0) is 43.4 Å². The van der Waals surface area contributed by atoms with Gasteiger partial charge in [0.1, 0.15) is 0 Å². The molecule has 2 aromatic carbocycles. The molecule has 1 amide bonds. The molecule has 1 N–H and O–H groups in total. The Hall–Kier alpha value is -2.79. The molecule has 0 unspecified atom stereocenters. The predicted molar refractivity (Wildman–Crippen MR) is 114 cm³/mol.